The summed E-state index contributed by atoms with van der Waals surface area (Å²) in [5, 5.41) is 4.40. The number of ether oxygens (including phenoxy) is 1. The van der Waals surface area contributed by atoms with Crippen molar-refractivity contribution in [2.45, 2.75) is 32.5 Å². The minimum absolute atomic E-state index is 0.307. The first-order valence-corrected chi connectivity index (χ1v) is 12.7. The summed E-state index contributed by atoms with van der Waals surface area (Å²) in [6.45, 7) is 10.3. The summed E-state index contributed by atoms with van der Waals surface area (Å²) in [6, 6.07) is 8.25. The van der Waals surface area contributed by atoms with E-state index in [1.54, 1.807) is 17.4 Å². The molecule has 5 heterocycles. The van der Waals surface area contributed by atoms with Gasteiger partial charge >= 0.3 is 0 Å². The zero-order valence-corrected chi connectivity index (χ0v) is 20.3. The number of H-pyrrole nitrogens is 1. The molecule has 1 aromatic carbocycles. The van der Waals surface area contributed by atoms with Gasteiger partial charge in [-0.15, -0.1) is 11.3 Å². The van der Waals surface area contributed by atoms with E-state index >= 15 is 4.39 Å². The van der Waals surface area contributed by atoms with Crippen LogP contribution in [0, 0.1) is 5.82 Å². The van der Waals surface area contributed by atoms with Crippen LogP contribution in [0.3, 0.4) is 0 Å². The number of aromatic amines is 1. The molecule has 34 heavy (non-hydrogen) atoms. The van der Waals surface area contributed by atoms with Crippen LogP contribution in [-0.2, 0) is 11.3 Å². The fraction of sp³-hybridized carbons (Fsp3) is 0.440. The summed E-state index contributed by atoms with van der Waals surface area (Å²) in [4.78, 5) is 19.0. The Bertz CT molecular complexity index is 1320. The number of morpholine rings is 1. The van der Waals surface area contributed by atoms with E-state index in [0.717, 1.165) is 59.7 Å². The number of rotatable bonds is 4. The average molecular weight is 481 g/mol. The van der Waals surface area contributed by atoms with E-state index in [-0.39, 0.29) is 5.82 Å². The molecule has 3 aromatic heterocycles. The lowest BCUT2D eigenvalue weighted by molar-refractivity contribution is 0.122. The number of piperazine rings is 1. The number of hydrogen-bond acceptors (Lipinski definition) is 7. The van der Waals surface area contributed by atoms with Crippen molar-refractivity contribution in [3.63, 3.8) is 0 Å². The van der Waals surface area contributed by atoms with Crippen molar-refractivity contribution in [3.05, 3.63) is 41.2 Å². The zero-order chi connectivity index (χ0) is 23.2. The maximum atomic E-state index is 15.1. The van der Waals surface area contributed by atoms with E-state index < -0.39 is 0 Å². The second-order valence-electron chi connectivity index (χ2n) is 9.42. The minimum Gasteiger partial charge on any atom is -0.378 e. The summed E-state index contributed by atoms with van der Waals surface area (Å²) in [5.41, 5.74) is 2.21. The van der Waals surface area contributed by atoms with Gasteiger partial charge in [0.2, 0.25) is 0 Å². The van der Waals surface area contributed by atoms with E-state index in [2.05, 4.69) is 40.0 Å². The second-order valence-corrected chi connectivity index (χ2v) is 10.6. The number of halogens is 1. The maximum Gasteiger partial charge on any atom is 0.165 e. The third-order valence-electron chi connectivity index (χ3n) is 6.64. The molecule has 9 heteroatoms. The van der Waals surface area contributed by atoms with Crippen molar-refractivity contribution in [1.29, 1.82) is 0 Å². The molecule has 2 N–H and O–H groups in total. The second kappa shape index (κ2) is 8.88. The molecule has 2 fully saturated rings. The molecular weight excluding hydrogens is 451 g/mol. The van der Waals surface area contributed by atoms with Crippen molar-refractivity contribution in [2.24, 2.45) is 0 Å². The van der Waals surface area contributed by atoms with Gasteiger partial charge in [0, 0.05) is 66.8 Å². The van der Waals surface area contributed by atoms with Gasteiger partial charge in [0.25, 0.3) is 0 Å². The lowest BCUT2D eigenvalue weighted by Crippen LogP contribution is -2.53. The molecular formula is C25H29FN6OS. The van der Waals surface area contributed by atoms with Crippen molar-refractivity contribution in [2.75, 3.05) is 44.3 Å². The quantitative estimate of drug-likeness (QED) is 0.460. The van der Waals surface area contributed by atoms with Crippen LogP contribution in [0.4, 0.5) is 10.2 Å². The van der Waals surface area contributed by atoms with E-state index in [1.807, 2.05) is 12.3 Å². The summed E-state index contributed by atoms with van der Waals surface area (Å²) in [6.07, 6.45) is 1.83. The van der Waals surface area contributed by atoms with Crippen molar-refractivity contribution >= 4 is 38.3 Å². The van der Waals surface area contributed by atoms with Crippen LogP contribution in [0.2, 0.25) is 0 Å². The predicted octanol–water partition coefficient (Wildman–Crippen LogP) is 4.00. The molecule has 0 amide bonds. The Balaban J connectivity index is 1.45. The van der Waals surface area contributed by atoms with Crippen LogP contribution in [0.1, 0.15) is 18.7 Å². The standard InChI is InChI=1S/C25H29FN6OS/c1-15-12-31(13-16(2)28-15)14-17-11-21-23(34-17)25(32-7-9-33-10-8-32)30-24(29-21)22-18-5-6-27-20(18)4-3-19(22)26/h3-6,11,15-16,27-28H,7-10,12-14H2,1-2H3/t15-,16+. The molecule has 0 saturated carbocycles. The summed E-state index contributed by atoms with van der Waals surface area (Å²) < 4.78 is 21.8. The molecule has 0 spiro atoms. The number of hydrogen-bond donors (Lipinski definition) is 2. The summed E-state index contributed by atoms with van der Waals surface area (Å²) in [7, 11) is 0. The topological polar surface area (TPSA) is 69.3 Å². The summed E-state index contributed by atoms with van der Waals surface area (Å²) >= 11 is 1.76. The highest BCUT2D eigenvalue weighted by atomic mass is 32.1. The van der Waals surface area contributed by atoms with E-state index in [9.17, 15) is 0 Å². The van der Waals surface area contributed by atoms with Crippen LogP contribution >= 0.6 is 11.3 Å². The van der Waals surface area contributed by atoms with E-state index in [1.165, 1.54) is 10.9 Å². The number of benzene rings is 1. The van der Waals surface area contributed by atoms with E-state index in [0.29, 0.717) is 36.7 Å². The molecule has 4 aromatic rings. The van der Waals surface area contributed by atoms with Gasteiger partial charge in [-0.05, 0) is 38.1 Å². The number of anilines is 1. The number of aromatic nitrogens is 3. The first-order valence-electron chi connectivity index (χ1n) is 11.9. The molecule has 2 aliphatic rings. The number of fused-ring (bicyclic) bond motifs is 2. The lowest BCUT2D eigenvalue weighted by Gasteiger charge is -2.35. The molecule has 0 bridgehead atoms. The van der Waals surface area contributed by atoms with Crippen molar-refractivity contribution in [3.8, 4) is 11.4 Å². The first kappa shape index (κ1) is 21.9. The molecule has 2 saturated heterocycles. The Labute approximate surface area is 201 Å². The molecule has 6 rings (SSSR count). The van der Waals surface area contributed by atoms with Crippen LogP contribution in [0.5, 0.6) is 0 Å². The smallest absolute Gasteiger partial charge is 0.165 e. The molecule has 0 aliphatic carbocycles. The Morgan fingerprint density at radius 2 is 1.91 bits per heavy atom. The molecule has 0 radical (unpaired) electrons. The van der Waals surface area contributed by atoms with Gasteiger partial charge < -0.3 is 19.9 Å². The SMILES string of the molecule is C[C@@H]1CN(Cc2cc3nc(-c4c(F)ccc5[nH]ccc45)nc(N4CCOCC4)c3s2)C[C@H](C)N1. The summed E-state index contributed by atoms with van der Waals surface area (Å²) in [5.74, 6) is 1.01. The van der Waals surface area contributed by atoms with Gasteiger partial charge in [-0.3, -0.25) is 4.90 Å². The van der Waals surface area contributed by atoms with Crippen LogP contribution < -0.4 is 10.2 Å². The van der Waals surface area contributed by atoms with Gasteiger partial charge in [0.1, 0.15) is 5.82 Å². The number of nitrogens with one attached hydrogen (secondary N) is 2. The highest BCUT2D eigenvalue weighted by Gasteiger charge is 2.25. The molecule has 2 aliphatic heterocycles. The first-order chi connectivity index (χ1) is 16.5. The number of nitrogens with zero attached hydrogens (tertiary/aromatic N) is 4. The Hall–Kier alpha value is -2.59. The fourth-order valence-electron chi connectivity index (χ4n) is 5.27. The van der Waals surface area contributed by atoms with Crippen LogP contribution in [-0.4, -0.2) is 71.3 Å². The lowest BCUT2D eigenvalue weighted by atomic mass is 10.1. The Morgan fingerprint density at radius 3 is 2.71 bits per heavy atom. The van der Waals surface area contributed by atoms with E-state index in [4.69, 9.17) is 14.7 Å². The molecule has 7 nitrogen and oxygen atoms in total. The molecule has 0 unspecified atom stereocenters. The molecule has 2 atom stereocenters. The van der Waals surface area contributed by atoms with Gasteiger partial charge in [0.05, 0.1) is 29.0 Å². The Kier molecular flexibility index (Phi) is 5.73. The Morgan fingerprint density at radius 1 is 1.12 bits per heavy atom. The van der Waals surface area contributed by atoms with Gasteiger partial charge in [-0.25, -0.2) is 14.4 Å². The molecule has 178 valence electrons. The number of thiophene rings is 1. The van der Waals surface area contributed by atoms with Crippen LogP contribution in [0.25, 0.3) is 32.5 Å². The third kappa shape index (κ3) is 4.07. The van der Waals surface area contributed by atoms with Crippen LogP contribution in [0.15, 0.2) is 30.5 Å². The third-order valence-corrected chi connectivity index (χ3v) is 7.74. The van der Waals surface area contributed by atoms with Crippen molar-refractivity contribution in [1.82, 2.24) is 25.2 Å². The monoisotopic (exact) mass is 480 g/mol. The maximum absolute atomic E-state index is 15.1. The predicted molar refractivity (Wildman–Crippen MR) is 135 cm³/mol. The minimum atomic E-state index is -0.307. The largest absolute Gasteiger partial charge is 0.378 e. The van der Waals surface area contributed by atoms with Gasteiger partial charge in [-0.1, -0.05) is 0 Å². The van der Waals surface area contributed by atoms with Gasteiger partial charge in [0.15, 0.2) is 11.6 Å². The van der Waals surface area contributed by atoms with Crippen molar-refractivity contribution < 1.29 is 9.13 Å². The fourth-order valence-corrected chi connectivity index (χ4v) is 6.42. The average Bonchev–Trinajstić information content (AvgIpc) is 3.44. The zero-order valence-electron chi connectivity index (χ0n) is 19.5. The highest BCUT2D eigenvalue weighted by Crippen LogP contribution is 2.37. The highest BCUT2D eigenvalue weighted by molar-refractivity contribution is 7.19. The van der Waals surface area contributed by atoms with Gasteiger partial charge in [-0.2, -0.15) is 0 Å². The normalized spacial score (nSPS) is 22.1.